The first-order valence-electron chi connectivity index (χ1n) is 8.53. The van der Waals surface area contributed by atoms with Crippen LogP contribution in [-0.4, -0.2) is 26.4 Å². The second-order valence-corrected chi connectivity index (χ2v) is 6.97. The van der Waals surface area contributed by atoms with Crippen molar-refractivity contribution < 1.29 is 4.79 Å². The predicted molar refractivity (Wildman–Crippen MR) is 105 cm³/mol. The smallest absolute Gasteiger partial charge is 0.225 e. The number of hydrogen-bond acceptors (Lipinski definition) is 5. The lowest BCUT2D eigenvalue weighted by Crippen LogP contribution is -2.13. The number of amides is 1. The third-order valence-electron chi connectivity index (χ3n) is 3.97. The van der Waals surface area contributed by atoms with E-state index in [0.717, 1.165) is 11.0 Å². The SMILES string of the molecule is Cc1nnc(SCCC(=O)Nc2ccccc2C#N)n1Cc1ccccc1. The van der Waals surface area contributed by atoms with Gasteiger partial charge < -0.3 is 9.88 Å². The number of rotatable bonds is 7. The molecule has 0 spiro atoms. The Morgan fingerprint density at radius 3 is 2.67 bits per heavy atom. The molecule has 1 amide bonds. The van der Waals surface area contributed by atoms with Crippen molar-refractivity contribution >= 4 is 23.4 Å². The van der Waals surface area contributed by atoms with E-state index in [1.807, 2.05) is 29.7 Å². The summed E-state index contributed by atoms with van der Waals surface area (Å²) in [6.07, 6.45) is 0.321. The van der Waals surface area contributed by atoms with Crippen LogP contribution in [0.3, 0.4) is 0 Å². The van der Waals surface area contributed by atoms with Crippen molar-refractivity contribution in [3.8, 4) is 6.07 Å². The Morgan fingerprint density at radius 1 is 1.15 bits per heavy atom. The highest BCUT2D eigenvalue weighted by atomic mass is 32.2. The van der Waals surface area contributed by atoms with Gasteiger partial charge in [0.05, 0.1) is 17.8 Å². The van der Waals surface area contributed by atoms with Gasteiger partial charge in [-0.05, 0) is 24.6 Å². The molecule has 0 unspecified atom stereocenters. The van der Waals surface area contributed by atoms with Crippen LogP contribution >= 0.6 is 11.8 Å². The Kier molecular flexibility index (Phi) is 6.23. The van der Waals surface area contributed by atoms with Crippen LogP contribution in [0.15, 0.2) is 59.8 Å². The minimum absolute atomic E-state index is 0.129. The quantitative estimate of drug-likeness (QED) is 0.636. The van der Waals surface area contributed by atoms with E-state index in [0.29, 0.717) is 30.0 Å². The van der Waals surface area contributed by atoms with Crippen LogP contribution in [0.4, 0.5) is 5.69 Å². The first-order chi connectivity index (χ1) is 13.2. The topological polar surface area (TPSA) is 83.6 Å². The van der Waals surface area contributed by atoms with Crippen LogP contribution in [0.2, 0.25) is 0 Å². The van der Waals surface area contributed by atoms with E-state index in [1.165, 1.54) is 17.3 Å². The Hall–Kier alpha value is -3.11. The molecule has 2 aromatic carbocycles. The van der Waals surface area contributed by atoms with E-state index >= 15 is 0 Å². The van der Waals surface area contributed by atoms with Crippen molar-refractivity contribution in [2.24, 2.45) is 0 Å². The Labute approximate surface area is 162 Å². The standard InChI is InChI=1S/C20H19N5OS/c1-15-23-24-20(25(15)14-16-7-3-2-4-8-16)27-12-11-19(26)22-18-10-6-5-9-17(18)13-21/h2-10H,11-12,14H2,1H3,(H,22,26). The van der Waals surface area contributed by atoms with Gasteiger partial charge in [-0.25, -0.2) is 0 Å². The van der Waals surface area contributed by atoms with Crippen molar-refractivity contribution in [2.45, 2.75) is 25.0 Å². The zero-order valence-corrected chi connectivity index (χ0v) is 15.7. The molecule has 7 heteroatoms. The molecule has 3 aromatic rings. The highest BCUT2D eigenvalue weighted by Crippen LogP contribution is 2.20. The van der Waals surface area contributed by atoms with Crippen molar-refractivity contribution in [1.82, 2.24) is 14.8 Å². The predicted octanol–water partition coefficient (Wildman–Crippen LogP) is 3.63. The minimum Gasteiger partial charge on any atom is -0.325 e. The zero-order valence-electron chi connectivity index (χ0n) is 14.9. The summed E-state index contributed by atoms with van der Waals surface area (Å²) in [5.74, 6) is 1.29. The van der Waals surface area contributed by atoms with Gasteiger partial charge in [0.1, 0.15) is 11.9 Å². The van der Waals surface area contributed by atoms with Gasteiger partial charge in [0.15, 0.2) is 5.16 Å². The van der Waals surface area contributed by atoms with Gasteiger partial charge in [0.2, 0.25) is 5.91 Å². The summed E-state index contributed by atoms with van der Waals surface area (Å²) in [7, 11) is 0. The minimum atomic E-state index is -0.129. The number of hydrogen-bond donors (Lipinski definition) is 1. The van der Waals surface area contributed by atoms with Gasteiger partial charge in [-0.1, -0.05) is 54.2 Å². The highest BCUT2D eigenvalue weighted by Gasteiger charge is 2.12. The summed E-state index contributed by atoms with van der Waals surface area (Å²) in [6.45, 7) is 2.62. The number of benzene rings is 2. The average Bonchev–Trinajstić information content (AvgIpc) is 3.03. The molecule has 1 N–H and O–H groups in total. The van der Waals surface area contributed by atoms with Crippen LogP contribution in [-0.2, 0) is 11.3 Å². The Balaban J connectivity index is 1.56. The van der Waals surface area contributed by atoms with Crippen LogP contribution in [0.1, 0.15) is 23.4 Å². The molecule has 1 aromatic heterocycles. The number of carbonyl (C=O) groups excluding carboxylic acids is 1. The largest absolute Gasteiger partial charge is 0.325 e. The second kappa shape index (κ2) is 9.01. The fraction of sp³-hybridized carbons (Fsp3) is 0.200. The summed E-state index contributed by atoms with van der Waals surface area (Å²) in [5, 5.41) is 21.0. The summed E-state index contributed by atoms with van der Waals surface area (Å²) >= 11 is 1.50. The van der Waals surface area contributed by atoms with E-state index in [2.05, 4.69) is 33.7 Å². The molecular formula is C20H19N5OS. The maximum atomic E-state index is 12.2. The number of anilines is 1. The van der Waals surface area contributed by atoms with E-state index in [4.69, 9.17) is 5.26 Å². The van der Waals surface area contributed by atoms with Crippen molar-refractivity contribution in [3.05, 3.63) is 71.5 Å². The number of carbonyl (C=O) groups is 1. The van der Waals surface area contributed by atoms with E-state index in [-0.39, 0.29) is 5.91 Å². The lowest BCUT2D eigenvalue weighted by molar-refractivity contribution is -0.115. The molecule has 0 bridgehead atoms. The second-order valence-electron chi connectivity index (χ2n) is 5.91. The van der Waals surface area contributed by atoms with Crippen LogP contribution in [0.25, 0.3) is 0 Å². The lowest BCUT2D eigenvalue weighted by Gasteiger charge is -2.09. The third-order valence-corrected chi connectivity index (χ3v) is 4.94. The maximum Gasteiger partial charge on any atom is 0.225 e. The molecule has 0 atom stereocenters. The number of aryl methyl sites for hydroxylation is 1. The lowest BCUT2D eigenvalue weighted by atomic mass is 10.2. The van der Waals surface area contributed by atoms with E-state index in [9.17, 15) is 4.79 Å². The molecular weight excluding hydrogens is 358 g/mol. The van der Waals surface area contributed by atoms with Gasteiger partial charge >= 0.3 is 0 Å². The molecule has 0 saturated carbocycles. The van der Waals surface area contributed by atoms with E-state index < -0.39 is 0 Å². The van der Waals surface area contributed by atoms with Gasteiger partial charge in [-0.15, -0.1) is 10.2 Å². The van der Waals surface area contributed by atoms with Crippen molar-refractivity contribution in [2.75, 3.05) is 11.1 Å². The molecule has 1 heterocycles. The van der Waals surface area contributed by atoms with E-state index in [1.54, 1.807) is 24.3 Å². The van der Waals surface area contributed by atoms with Crippen LogP contribution in [0.5, 0.6) is 0 Å². The first kappa shape index (κ1) is 18.7. The molecule has 0 saturated heterocycles. The fourth-order valence-corrected chi connectivity index (χ4v) is 3.47. The van der Waals surface area contributed by atoms with Crippen molar-refractivity contribution in [3.63, 3.8) is 0 Å². The number of para-hydroxylation sites is 1. The van der Waals surface area contributed by atoms with Crippen molar-refractivity contribution in [1.29, 1.82) is 5.26 Å². The number of thioether (sulfide) groups is 1. The molecule has 0 radical (unpaired) electrons. The van der Waals surface area contributed by atoms with Gasteiger partial charge in [-0.3, -0.25) is 4.79 Å². The summed E-state index contributed by atoms with van der Waals surface area (Å²) < 4.78 is 2.04. The molecule has 0 aliphatic heterocycles. The maximum absolute atomic E-state index is 12.2. The molecule has 3 rings (SSSR count). The Morgan fingerprint density at radius 2 is 1.89 bits per heavy atom. The van der Waals surface area contributed by atoms with Crippen LogP contribution < -0.4 is 5.32 Å². The Bertz CT molecular complexity index is 962. The summed E-state index contributed by atoms with van der Waals surface area (Å²) in [6, 6.07) is 19.2. The average molecular weight is 377 g/mol. The van der Waals surface area contributed by atoms with Gasteiger partial charge in [0.25, 0.3) is 0 Å². The zero-order chi connectivity index (χ0) is 19.1. The molecule has 6 nitrogen and oxygen atoms in total. The van der Waals surface area contributed by atoms with Crippen LogP contribution in [0, 0.1) is 18.3 Å². The molecule has 0 aliphatic rings. The fourth-order valence-electron chi connectivity index (χ4n) is 2.55. The summed E-state index contributed by atoms with van der Waals surface area (Å²) in [5.41, 5.74) is 2.17. The normalized spacial score (nSPS) is 10.4. The molecule has 136 valence electrons. The molecule has 0 fully saturated rings. The summed E-state index contributed by atoms with van der Waals surface area (Å²) in [4.78, 5) is 12.2. The first-order valence-corrected chi connectivity index (χ1v) is 9.51. The monoisotopic (exact) mass is 377 g/mol. The number of nitriles is 1. The molecule has 27 heavy (non-hydrogen) atoms. The number of aromatic nitrogens is 3. The van der Waals surface area contributed by atoms with Gasteiger partial charge in [0, 0.05) is 12.2 Å². The molecule has 0 aliphatic carbocycles. The number of nitrogens with zero attached hydrogens (tertiary/aromatic N) is 4. The van der Waals surface area contributed by atoms with Gasteiger partial charge in [-0.2, -0.15) is 5.26 Å². The highest BCUT2D eigenvalue weighted by molar-refractivity contribution is 7.99. The third kappa shape index (κ3) is 4.96. The number of nitrogens with one attached hydrogen (secondary N) is 1.